The number of benzene rings is 1. The molecule has 0 saturated heterocycles. The number of hydrogen-bond donors (Lipinski definition) is 1. The van der Waals surface area contributed by atoms with Crippen LogP contribution >= 0.6 is 15.9 Å². The fourth-order valence-corrected chi connectivity index (χ4v) is 1.45. The molecule has 3 heteroatoms. The summed E-state index contributed by atoms with van der Waals surface area (Å²) in [5.41, 5.74) is 1.10. The third kappa shape index (κ3) is 2.39. The fourth-order valence-electron chi connectivity index (χ4n) is 0.990. The van der Waals surface area contributed by atoms with E-state index >= 15 is 0 Å². The van der Waals surface area contributed by atoms with Crippen molar-refractivity contribution in [2.24, 2.45) is 0 Å². The molecule has 0 amide bonds. The summed E-state index contributed by atoms with van der Waals surface area (Å²) >= 11 is 3.23. The lowest BCUT2D eigenvalue weighted by molar-refractivity contribution is 0.215. The summed E-state index contributed by atoms with van der Waals surface area (Å²) in [7, 11) is 0. The van der Waals surface area contributed by atoms with E-state index in [1.165, 1.54) is 12.1 Å². The third-order valence-electron chi connectivity index (χ3n) is 1.72. The Labute approximate surface area is 85.0 Å². The van der Waals surface area contributed by atoms with Gasteiger partial charge in [-0.15, -0.1) is 0 Å². The average molecular weight is 245 g/mol. The molecule has 1 aromatic rings. The topological polar surface area (TPSA) is 20.2 Å². The summed E-state index contributed by atoms with van der Waals surface area (Å²) in [4.78, 5) is 0. The van der Waals surface area contributed by atoms with E-state index in [9.17, 15) is 9.50 Å². The van der Waals surface area contributed by atoms with Gasteiger partial charge >= 0.3 is 0 Å². The highest BCUT2D eigenvalue weighted by Crippen LogP contribution is 2.27. The minimum atomic E-state index is -0.815. The molecular weight excluding hydrogens is 235 g/mol. The first-order chi connectivity index (χ1) is 6.02. The molecule has 0 bridgehead atoms. The quantitative estimate of drug-likeness (QED) is 0.793. The Balaban J connectivity index is 3.12. The lowest BCUT2D eigenvalue weighted by Gasteiger charge is -2.12. The molecular formula is C10H10BrFO. The number of rotatable bonds is 2. The molecule has 70 valence electrons. The summed E-state index contributed by atoms with van der Waals surface area (Å²) in [6.45, 7) is 5.31. The standard InChI is InChI=1S/C10H10BrFO/c1-6(2)10(13)8-5-7(12)3-4-9(8)11/h3-5,10,13H,1H2,2H3. The molecule has 1 aromatic carbocycles. The second-order valence-corrected chi connectivity index (χ2v) is 3.77. The van der Waals surface area contributed by atoms with Gasteiger partial charge in [0.15, 0.2) is 0 Å². The van der Waals surface area contributed by atoms with Crippen molar-refractivity contribution in [3.63, 3.8) is 0 Å². The molecule has 13 heavy (non-hydrogen) atoms. The summed E-state index contributed by atoms with van der Waals surface area (Å²) in [5, 5.41) is 9.61. The van der Waals surface area contributed by atoms with Crippen LogP contribution in [0.1, 0.15) is 18.6 Å². The van der Waals surface area contributed by atoms with E-state index < -0.39 is 6.10 Å². The van der Waals surface area contributed by atoms with E-state index in [2.05, 4.69) is 22.5 Å². The van der Waals surface area contributed by atoms with Crippen LogP contribution in [0.4, 0.5) is 4.39 Å². The highest BCUT2D eigenvalue weighted by molar-refractivity contribution is 9.10. The molecule has 0 aliphatic rings. The van der Waals surface area contributed by atoms with Gasteiger partial charge in [-0.25, -0.2) is 4.39 Å². The van der Waals surface area contributed by atoms with Crippen LogP contribution in [0.3, 0.4) is 0 Å². The second-order valence-electron chi connectivity index (χ2n) is 2.91. The smallest absolute Gasteiger partial charge is 0.123 e. The number of aliphatic hydroxyl groups is 1. The lowest BCUT2D eigenvalue weighted by Crippen LogP contribution is -1.99. The minimum Gasteiger partial charge on any atom is -0.384 e. The Kier molecular flexibility index (Phi) is 3.22. The fraction of sp³-hybridized carbons (Fsp3) is 0.200. The highest BCUT2D eigenvalue weighted by Gasteiger charge is 2.12. The first-order valence-electron chi connectivity index (χ1n) is 3.81. The maximum atomic E-state index is 12.8. The van der Waals surface area contributed by atoms with Crippen LogP contribution in [0, 0.1) is 5.82 Å². The van der Waals surface area contributed by atoms with Crippen LogP contribution in [-0.2, 0) is 0 Å². The Morgan fingerprint density at radius 3 is 2.77 bits per heavy atom. The van der Waals surface area contributed by atoms with Crippen molar-refractivity contribution in [2.75, 3.05) is 0 Å². The molecule has 1 atom stereocenters. The van der Waals surface area contributed by atoms with Crippen molar-refractivity contribution in [1.29, 1.82) is 0 Å². The maximum absolute atomic E-state index is 12.8. The normalized spacial score (nSPS) is 12.6. The van der Waals surface area contributed by atoms with Crippen molar-refractivity contribution >= 4 is 15.9 Å². The van der Waals surface area contributed by atoms with Gasteiger partial charge in [0, 0.05) is 10.0 Å². The van der Waals surface area contributed by atoms with Gasteiger partial charge in [0.2, 0.25) is 0 Å². The molecule has 1 nitrogen and oxygen atoms in total. The Morgan fingerprint density at radius 1 is 1.62 bits per heavy atom. The summed E-state index contributed by atoms with van der Waals surface area (Å²) in [6, 6.07) is 4.19. The molecule has 0 aliphatic heterocycles. The van der Waals surface area contributed by atoms with Crippen molar-refractivity contribution in [3.8, 4) is 0 Å². The molecule has 1 unspecified atom stereocenters. The molecule has 0 heterocycles. The van der Waals surface area contributed by atoms with E-state index in [-0.39, 0.29) is 5.82 Å². The Hall–Kier alpha value is -0.670. The number of halogens is 2. The number of aliphatic hydroxyl groups excluding tert-OH is 1. The maximum Gasteiger partial charge on any atom is 0.123 e. The zero-order chi connectivity index (χ0) is 10.0. The molecule has 0 aliphatic carbocycles. The summed E-state index contributed by atoms with van der Waals surface area (Å²) in [6.07, 6.45) is -0.815. The van der Waals surface area contributed by atoms with Crippen LogP contribution in [0.5, 0.6) is 0 Å². The van der Waals surface area contributed by atoms with Gasteiger partial charge in [0.05, 0.1) is 0 Å². The highest BCUT2D eigenvalue weighted by atomic mass is 79.9. The largest absolute Gasteiger partial charge is 0.384 e. The van der Waals surface area contributed by atoms with E-state index in [1.807, 2.05) is 0 Å². The molecule has 0 aromatic heterocycles. The van der Waals surface area contributed by atoms with Crippen LogP contribution in [-0.4, -0.2) is 5.11 Å². The van der Waals surface area contributed by atoms with Crippen molar-refractivity contribution < 1.29 is 9.50 Å². The zero-order valence-corrected chi connectivity index (χ0v) is 8.81. The molecule has 0 radical (unpaired) electrons. The van der Waals surface area contributed by atoms with Gasteiger partial charge in [0.1, 0.15) is 11.9 Å². The van der Waals surface area contributed by atoms with Crippen molar-refractivity contribution in [2.45, 2.75) is 13.0 Å². The van der Waals surface area contributed by atoms with E-state index in [0.717, 1.165) is 0 Å². The molecule has 0 spiro atoms. The van der Waals surface area contributed by atoms with Gasteiger partial charge < -0.3 is 5.11 Å². The van der Waals surface area contributed by atoms with Gasteiger partial charge in [-0.3, -0.25) is 0 Å². The number of hydrogen-bond acceptors (Lipinski definition) is 1. The predicted molar refractivity (Wildman–Crippen MR) is 53.9 cm³/mol. The van der Waals surface area contributed by atoms with Crippen LogP contribution in [0.25, 0.3) is 0 Å². The predicted octanol–water partition coefficient (Wildman–Crippen LogP) is 3.20. The van der Waals surface area contributed by atoms with Crippen LogP contribution in [0.2, 0.25) is 0 Å². The first-order valence-corrected chi connectivity index (χ1v) is 4.60. The third-order valence-corrected chi connectivity index (χ3v) is 2.44. The van der Waals surface area contributed by atoms with Gasteiger partial charge in [-0.2, -0.15) is 0 Å². The van der Waals surface area contributed by atoms with E-state index in [4.69, 9.17) is 0 Å². The molecule has 0 saturated carbocycles. The molecule has 1 N–H and O–H groups in total. The first kappa shape index (κ1) is 10.4. The van der Waals surface area contributed by atoms with Crippen molar-refractivity contribution in [3.05, 3.63) is 46.2 Å². The van der Waals surface area contributed by atoms with Gasteiger partial charge in [-0.1, -0.05) is 22.5 Å². The zero-order valence-electron chi connectivity index (χ0n) is 7.22. The Bertz CT molecular complexity index is 336. The van der Waals surface area contributed by atoms with E-state index in [1.54, 1.807) is 13.0 Å². The minimum absolute atomic E-state index is 0.362. The average Bonchev–Trinajstić information content (AvgIpc) is 2.08. The lowest BCUT2D eigenvalue weighted by atomic mass is 10.0. The van der Waals surface area contributed by atoms with E-state index in [0.29, 0.717) is 15.6 Å². The van der Waals surface area contributed by atoms with Gasteiger partial charge in [0.25, 0.3) is 0 Å². The van der Waals surface area contributed by atoms with Gasteiger partial charge in [-0.05, 0) is 30.7 Å². The summed E-state index contributed by atoms with van der Waals surface area (Å²) in [5.74, 6) is -0.362. The van der Waals surface area contributed by atoms with Crippen molar-refractivity contribution in [1.82, 2.24) is 0 Å². The molecule has 0 fully saturated rings. The molecule has 1 rings (SSSR count). The summed E-state index contributed by atoms with van der Waals surface area (Å²) < 4.78 is 13.5. The SMILES string of the molecule is C=C(C)C(O)c1cc(F)ccc1Br. The Morgan fingerprint density at radius 2 is 2.23 bits per heavy atom. The monoisotopic (exact) mass is 244 g/mol. The van der Waals surface area contributed by atoms with Crippen LogP contribution in [0.15, 0.2) is 34.8 Å². The van der Waals surface area contributed by atoms with Crippen LogP contribution < -0.4 is 0 Å². The second kappa shape index (κ2) is 4.03.